The Bertz CT molecular complexity index is 509. The third-order valence-corrected chi connectivity index (χ3v) is 4.21. The highest BCUT2D eigenvalue weighted by Crippen LogP contribution is 2.25. The van der Waals surface area contributed by atoms with Crippen LogP contribution in [0.2, 0.25) is 0 Å². The lowest BCUT2D eigenvalue weighted by Crippen LogP contribution is -2.25. The number of nitrogens with one attached hydrogen (secondary N) is 1. The van der Waals surface area contributed by atoms with E-state index in [2.05, 4.69) is 4.72 Å². The second kappa shape index (κ2) is 6.20. The number of hydrogen-bond acceptors (Lipinski definition) is 3. The largest absolute Gasteiger partial charge is 0.494 e. The Morgan fingerprint density at radius 3 is 2.39 bits per heavy atom. The Balaban J connectivity index is 3.15. The predicted molar refractivity (Wildman–Crippen MR) is 72.6 cm³/mol. The van der Waals surface area contributed by atoms with Gasteiger partial charge >= 0.3 is 0 Å². The quantitative estimate of drug-likeness (QED) is 0.864. The van der Waals surface area contributed by atoms with Crippen molar-refractivity contribution in [1.29, 1.82) is 0 Å². The van der Waals surface area contributed by atoms with Gasteiger partial charge in [-0.3, -0.25) is 0 Å². The third-order valence-electron chi connectivity index (χ3n) is 2.60. The summed E-state index contributed by atoms with van der Waals surface area (Å²) in [4.78, 5) is 0.330. The molecular weight excluding hydrogens is 250 g/mol. The number of hydrogen-bond donors (Lipinski definition) is 1. The van der Waals surface area contributed by atoms with Crippen LogP contribution < -0.4 is 9.46 Å². The molecule has 0 saturated heterocycles. The summed E-state index contributed by atoms with van der Waals surface area (Å²) in [5.41, 5.74) is 1.53. The van der Waals surface area contributed by atoms with Gasteiger partial charge in [0.1, 0.15) is 5.75 Å². The fourth-order valence-electron chi connectivity index (χ4n) is 1.68. The van der Waals surface area contributed by atoms with Crippen molar-refractivity contribution in [2.24, 2.45) is 0 Å². The standard InChI is InChI=1S/C13H21NO3S/c1-5-7-14-18(15,16)13-9-10(3)12(17-6-2)8-11(13)4/h8-9,14H,5-7H2,1-4H3. The summed E-state index contributed by atoms with van der Waals surface area (Å²) in [7, 11) is -3.41. The van der Waals surface area contributed by atoms with E-state index in [1.54, 1.807) is 19.1 Å². The van der Waals surface area contributed by atoms with Gasteiger partial charge in [0.15, 0.2) is 0 Å². The number of benzene rings is 1. The first-order valence-corrected chi connectivity index (χ1v) is 7.64. The maximum Gasteiger partial charge on any atom is 0.240 e. The minimum Gasteiger partial charge on any atom is -0.494 e. The van der Waals surface area contributed by atoms with E-state index >= 15 is 0 Å². The molecule has 1 N–H and O–H groups in total. The van der Waals surface area contributed by atoms with E-state index in [0.717, 1.165) is 17.7 Å². The topological polar surface area (TPSA) is 55.4 Å². The van der Waals surface area contributed by atoms with Crippen LogP contribution in [0.1, 0.15) is 31.4 Å². The summed E-state index contributed by atoms with van der Waals surface area (Å²) < 4.78 is 32.2. The molecule has 0 aliphatic rings. The number of aryl methyl sites for hydroxylation is 2. The van der Waals surface area contributed by atoms with E-state index in [-0.39, 0.29) is 0 Å². The molecule has 0 radical (unpaired) electrons. The van der Waals surface area contributed by atoms with E-state index < -0.39 is 10.0 Å². The second-order valence-electron chi connectivity index (χ2n) is 4.21. The minimum absolute atomic E-state index is 0.330. The van der Waals surface area contributed by atoms with Crippen LogP contribution in [-0.2, 0) is 10.0 Å². The molecule has 0 atom stereocenters. The van der Waals surface area contributed by atoms with Crippen molar-refractivity contribution in [2.75, 3.05) is 13.2 Å². The van der Waals surface area contributed by atoms with E-state index in [9.17, 15) is 8.42 Å². The lowest BCUT2D eigenvalue weighted by atomic mass is 10.1. The summed E-state index contributed by atoms with van der Waals surface area (Å²) in [6, 6.07) is 3.44. The average Bonchev–Trinajstić information content (AvgIpc) is 2.31. The normalized spacial score (nSPS) is 11.6. The predicted octanol–water partition coefficient (Wildman–Crippen LogP) is 2.39. The van der Waals surface area contributed by atoms with Gasteiger partial charge < -0.3 is 4.74 Å². The van der Waals surface area contributed by atoms with Crippen LogP contribution in [0.3, 0.4) is 0 Å². The fourth-order valence-corrected chi connectivity index (χ4v) is 3.12. The zero-order chi connectivity index (χ0) is 13.8. The van der Waals surface area contributed by atoms with Crippen LogP contribution in [-0.4, -0.2) is 21.6 Å². The van der Waals surface area contributed by atoms with Gasteiger partial charge in [-0.1, -0.05) is 6.92 Å². The molecule has 0 saturated carbocycles. The van der Waals surface area contributed by atoms with Gasteiger partial charge in [0.25, 0.3) is 0 Å². The Morgan fingerprint density at radius 2 is 1.83 bits per heavy atom. The summed E-state index contributed by atoms with van der Waals surface area (Å²) in [5.74, 6) is 0.740. The average molecular weight is 271 g/mol. The van der Waals surface area contributed by atoms with Crippen LogP contribution in [0, 0.1) is 13.8 Å². The maximum atomic E-state index is 12.1. The number of ether oxygens (including phenoxy) is 1. The Morgan fingerprint density at radius 1 is 1.17 bits per heavy atom. The first-order valence-electron chi connectivity index (χ1n) is 6.16. The molecule has 102 valence electrons. The van der Waals surface area contributed by atoms with Gasteiger partial charge in [-0.05, 0) is 50.5 Å². The third kappa shape index (κ3) is 3.46. The Hall–Kier alpha value is -1.07. The summed E-state index contributed by atoms with van der Waals surface area (Å²) in [5, 5.41) is 0. The van der Waals surface area contributed by atoms with Crippen LogP contribution in [0.15, 0.2) is 17.0 Å². The molecule has 0 bridgehead atoms. The van der Waals surface area contributed by atoms with Crippen molar-refractivity contribution in [2.45, 2.75) is 39.0 Å². The van der Waals surface area contributed by atoms with Gasteiger partial charge in [0.05, 0.1) is 11.5 Å². The van der Waals surface area contributed by atoms with Crippen molar-refractivity contribution >= 4 is 10.0 Å². The first-order chi connectivity index (χ1) is 8.42. The second-order valence-corrected chi connectivity index (χ2v) is 5.95. The Labute approximate surface area is 109 Å². The van der Waals surface area contributed by atoms with E-state index in [0.29, 0.717) is 23.6 Å². The van der Waals surface area contributed by atoms with Gasteiger partial charge in [-0.2, -0.15) is 0 Å². The molecule has 18 heavy (non-hydrogen) atoms. The lowest BCUT2D eigenvalue weighted by molar-refractivity contribution is 0.337. The summed E-state index contributed by atoms with van der Waals surface area (Å²) >= 11 is 0. The molecule has 1 aromatic carbocycles. The molecular formula is C13H21NO3S. The van der Waals surface area contributed by atoms with E-state index in [1.807, 2.05) is 20.8 Å². The van der Waals surface area contributed by atoms with Crippen molar-refractivity contribution in [3.05, 3.63) is 23.3 Å². The molecule has 4 nitrogen and oxygen atoms in total. The first kappa shape index (κ1) is 15.0. The molecule has 0 spiro atoms. The smallest absolute Gasteiger partial charge is 0.240 e. The fraction of sp³-hybridized carbons (Fsp3) is 0.538. The lowest BCUT2D eigenvalue weighted by Gasteiger charge is -2.13. The number of rotatable bonds is 6. The zero-order valence-electron chi connectivity index (χ0n) is 11.4. The van der Waals surface area contributed by atoms with Crippen molar-refractivity contribution < 1.29 is 13.2 Å². The molecule has 1 aromatic rings. The summed E-state index contributed by atoms with van der Waals surface area (Å²) in [6.07, 6.45) is 0.772. The highest BCUT2D eigenvalue weighted by atomic mass is 32.2. The van der Waals surface area contributed by atoms with Crippen molar-refractivity contribution in [3.8, 4) is 5.75 Å². The van der Waals surface area contributed by atoms with Crippen molar-refractivity contribution in [1.82, 2.24) is 4.72 Å². The van der Waals surface area contributed by atoms with Crippen LogP contribution >= 0.6 is 0 Å². The van der Waals surface area contributed by atoms with Crippen LogP contribution in [0.25, 0.3) is 0 Å². The Kier molecular flexibility index (Phi) is 5.16. The van der Waals surface area contributed by atoms with Gasteiger partial charge in [-0.15, -0.1) is 0 Å². The molecule has 0 aliphatic carbocycles. The van der Waals surface area contributed by atoms with E-state index in [1.165, 1.54) is 0 Å². The van der Waals surface area contributed by atoms with Crippen molar-refractivity contribution in [3.63, 3.8) is 0 Å². The number of sulfonamides is 1. The molecule has 0 aliphatic heterocycles. The highest BCUT2D eigenvalue weighted by Gasteiger charge is 2.17. The monoisotopic (exact) mass is 271 g/mol. The molecule has 0 fully saturated rings. The van der Waals surface area contributed by atoms with Crippen LogP contribution in [0.4, 0.5) is 0 Å². The van der Waals surface area contributed by atoms with Gasteiger partial charge in [-0.25, -0.2) is 13.1 Å². The molecule has 1 rings (SSSR count). The highest BCUT2D eigenvalue weighted by molar-refractivity contribution is 7.89. The molecule has 0 aromatic heterocycles. The molecule has 0 heterocycles. The van der Waals surface area contributed by atoms with E-state index in [4.69, 9.17) is 4.74 Å². The minimum atomic E-state index is -3.41. The summed E-state index contributed by atoms with van der Waals surface area (Å²) in [6.45, 7) is 8.49. The SMILES string of the molecule is CCCNS(=O)(=O)c1cc(C)c(OCC)cc1C. The molecule has 0 unspecified atom stereocenters. The maximum absolute atomic E-state index is 12.1. The van der Waals surface area contributed by atoms with Crippen LogP contribution in [0.5, 0.6) is 5.75 Å². The van der Waals surface area contributed by atoms with Gasteiger partial charge in [0.2, 0.25) is 10.0 Å². The molecule has 5 heteroatoms. The van der Waals surface area contributed by atoms with Gasteiger partial charge in [0, 0.05) is 6.54 Å². The molecule has 0 amide bonds. The zero-order valence-corrected chi connectivity index (χ0v) is 12.2.